The van der Waals surface area contributed by atoms with E-state index in [1.54, 1.807) is 6.92 Å². The minimum Gasteiger partial charge on any atom is -0.489 e. The molecule has 1 amide bonds. The number of hydrogen-bond acceptors (Lipinski definition) is 4. The molecule has 1 aliphatic rings. The summed E-state index contributed by atoms with van der Waals surface area (Å²) >= 11 is 0. The van der Waals surface area contributed by atoms with Crippen LogP contribution in [0.3, 0.4) is 0 Å². The Labute approximate surface area is 169 Å². The molecule has 1 saturated heterocycles. The normalized spacial score (nSPS) is 16.6. The number of rotatable bonds is 8. The van der Waals surface area contributed by atoms with Gasteiger partial charge in [-0.25, -0.2) is 4.99 Å². The highest BCUT2D eigenvalue weighted by Gasteiger charge is 2.17. The molecule has 0 radical (unpaired) electrons. The van der Waals surface area contributed by atoms with E-state index in [2.05, 4.69) is 40.4 Å². The van der Waals surface area contributed by atoms with Crippen molar-refractivity contribution in [1.82, 2.24) is 20.4 Å². The van der Waals surface area contributed by atoms with Crippen LogP contribution in [0.5, 0.6) is 5.75 Å². The molecular weight excluding hydrogens is 354 g/mol. The average Bonchev–Trinajstić information content (AvgIpc) is 2.66. The van der Waals surface area contributed by atoms with E-state index in [4.69, 9.17) is 4.74 Å². The average molecular weight is 390 g/mol. The summed E-state index contributed by atoms with van der Waals surface area (Å²) in [4.78, 5) is 20.3. The van der Waals surface area contributed by atoms with Gasteiger partial charge < -0.3 is 20.3 Å². The largest absolute Gasteiger partial charge is 0.489 e. The van der Waals surface area contributed by atoms with Gasteiger partial charge in [-0.1, -0.05) is 12.1 Å². The van der Waals surface area contributed by atoms with Crippen molar-refractivity contribution in [3.63, 3.8) is 0 Å². The van der Waals surface area contributed by atoms with Crippen LogP contribution in [-0.2, 0) is 4.79 Å². The Hall–Kier alpha value is -2.28. The minimum absolute atomic E-state index is 0.00286. The van der Waals surface area contributed by atoms with Crippen LogP contribution >= 0.6 is 0 Å². The number of nitrogens with zero attached hydrogens (tertiary/aromatic N) is 3. The van der Waals surface area contributed by atoms with Crippen molar-refractivity contribution in [2.24, 2.45) is 4.99 Å². The van der Waals surface area contributed by atoms with Crippen LogP contribution in [0.4, 0.5) is 0 Å². The van der Waals surface area contributed by atoms with Gasteiger partial charge in [0.1, 0.15) is 11.9 Å². The Balaban J connectivity index is 1.73. The lowest BCUT2D eigenvalue weighted by Gasteiger charge is -2.34. The molecule has 1 aromatic carbocycles. The number of amides is 1. The summed E-state index contributed by atoms with van der Waals surface area (Å²) in [7, 11) is 0. The van der Waals surface area contributed by atoms with Gasteiger partial charge in [0, 0.05) is 52.7 Å². The first-order valence-corrected chi connectivity index (χ1v) is 10.2. The van der Waals surface area contributed by atoms with Gasteiger partial charge in [0.25, 0.3) is 0 Å². The second-order valence-electron chi connectivity index (χ2n) is 7.24. The molecule has 156 valence electrons. The Morgan fingerprint density at radius 2 is 2.00 bits per heavy atom. The van der Waals surface area contributed by atoms with E-state index in [1.807, 2.05) is 30.0 Å². The van der Waals surface area contributed by atoms with Crippen molar-refractivity contribution in [1.29, 1.82) is 0 Å². The lowest BCUT2D eigenvalue weighted by molar-refractivity contribution is -0.130. The van der Waals surface area contributed by atoms with E-state index in [9.17, 15) is 4.79 Å². The molecule has 1 aromatic rings. The number of aliphatic imine (C=N–C) groups is 1. The SMILES string of the molecule is CCNC(=NCC(C)Oc1cccc(C)c1)NCCN1CCN(C(C)=O)CC1. The van der Waals surface area contributed by atoms with Gasteiger partial charge in [0.2, 0.25) is 5.91 Å². The van der Waals surface area contributed by atoms with E-state index in [0.717, 1.165) is 57.5 Å². The van der Waals surface area contributed by atoms with Crippen LogP contribution < -0.4 is 15.4 Å². The molecule has 7 nitrogen and oxygen atoms in total. The Kier molecular flexibility index (Phi) is 9.07. The maximum absolute atomic E-state index is 11.4. The molecule has 1 atom stereocenters. The lowest BCUT2D eigenvalue weighted by atomic mass is 10.2. The van der Waals surface area contributed by atoms with Crippen LogP contribution in [0, 0.1) is 6.92 Å². The van der Waals surface area contributed by atoms with Gasteiger partial charge in [0.15, 0.2) is 5.96 Å². The number of nitrogens with one attached hydrogen (secondary N) is 2. The van der Waals surface area contributed by atoms with Gasteiger partial charge in [-0.2, -0.15) is 0 Å². The van der Waals surface area contributed by atoms with Crippen LogP contribution in [0.15, 0.2) is 29.3 Å². The highest BCUT2D eigenvalue weighted by Crippen LogP contribution is 2.14. The Morgan fingerprint density at radius 3 is 2.64 bits per heavy atom. The third-order valence-corrected chi connectivity index (χ3v) is 4.72. The van der Waals surface area contributed by atoms with Crippen LogP contribution in [0.1, 0.15) is 26.3 Å². The molecule has 0 bridgehead atoms. The molecule has 0 aromatic heterocycles. The third-order valence-electron chi connectivity index (χ3n) is 4.72. The first-order valence-electron chi connectivity index (χ1n) is 10.2. The zero-order valence-electron chi connectivity index (χ0n) is 17.7. The maximum atomic E-state index is 11.4. The van der Waals surface area contributed by atoms with E-state index < -0.39 is 0 Å². The quantitative estimate of drug-likeness (QED) is 0.521. The summed E-state index contributed by atoms with van der Waals surface area (Å²) in [5.74, 6) is 1.86. The molecule has 7 heteroatoms. The fourth-order valence-corrected chi connectivity index (χ4v) is 3.14. The lowest BCUT2D eigenvalue weighted by Crippen LogP contribution is -2.50. The van der Waals surface area contributed by atoms with Crippen molar-refractivity contribution in [3.05, 3.63) is 29.8 Å². The van der Waals surface area contributed by atoms with Gasteiger partial charge >= 0.3 is 0 Å². The molecule has 2 rings (SSSR count). The molecule has 2 N–H and O–H groups in total. The number of carbonyl (C=O) groups excluding carboxylic acids is 1. The maximum Gasteiger partial charge on any atom is 0.219 e. The van der Waals surface area contributed by atoms with Gasteiger partial charge in [-0.15, -0.1) is 0 Å². The van der Waals surface area contributed by atoms with E-state index >= 15 is 0 Å². The summed E-state index contributed by atoms with van der Waals surface area (Å²) < 4.78 is 5.95. The number of guanidine groups is 1. The number of carbonyl (C=O) groups is 1. The van der Waals surface area contributed by atoms with Gasteiger partial charge in [0.05, 0.1) is 6.54 Å². The molecular formula is C21H35N5O2. The first kappa shape index (κ1) is 22.0. The molecule has 1 unspecified atom stereocenters. The predicted octanol–water partition coefficient (Wildman–Crippen LogP) is 1.48. The second-order valence-corrected chi connectivity index (χ2v) is 7.24. The smallest absolute Gasteiger partial charge is 0.219 e. The molecule has 1 heterocycles. The summed E-state index contributed by atoms with van der Waals surface area (Å²) in [6.45, 7) is 14.4. The molecule has 28 heavy (non-hydrogen) atoms. The van der Waals surface area contributed by atoms with E-state index in [1.165, 1.54) is 5.56 Å². The number of ether oxygens (including phenoxy) is 1. The molecule has 1 fully saturated rings. The van der Waals surface area contributed by atoms with E-state index in [-0.39, 0.29) is 12.0 Å². The van der Waals surface area contributed by atoms with Crippen molar-refractivity contribution in [2.45, 2.75) is 33.8 Å². The summed E-state index contributed by atoms with van der Waals surface area (Å²) in [6, 6.07) is 8.07. The number of aryl methyl sites for hydroxylation is 1. The number of benzene rings is 1. The zero-order chi connectivity index (χ0) is 20.4. The molecule has 0 aliphatic carbocycles. The topological polar surface area (TPSA) is 69.2 Å². The summed E-state index contributed by atoms with van der Waals surface area (Å²) in [6.07, 6.45) is -0.00286. The fourth-order valence-electron chi connectivity index (χ4n) is 3.14. The van der Waals surface area contributed by atoms with Crippen molar-refractivity contribution < 1.29 is 9.53 Å². The molecule has 0 spiro atoms. The Morgan fingerprint density at radius 1 is 1.25 bits per heavy atom. The van der Waals surface area contributed by atoms with Gasteiger partial charge in [-0.05, 0) is 38.5 Å². The van der Waals surface area contributed by atoms with Crippen LogP contribution in [0.25, 0.3) is 0 Å². The monoisotopic (exact) mass is 389 g/mol. The second kappa shape index (κ2) is 11.5. The standard InChI is InChI=1S/C21H35N5O2/c1-5-22-21(23-9-10-25-11-13-26(14-12-25)19(4)27)24-16-18(3)28-20-8-6-7-17(2)15-20/h6-8,15,18H,5,9-14,16H2,1-4H3,(H2,22,23,24). The third kappa shape index (κ3) is 7.76. The van der Waals surface area contributed by atoms with Gasteiger partial charge in [-0.3, -0.25) is 9.69 Å². The molecule has 0 saturated carbocycles. The van der Waals surface area contributed by atoms with Crippen molar-refractivity contribution in [2.75, 3.05) is 52.4 Å². The fraction of sp³-hybridized carbons (Fsp3) is 0.619. The number of hydrogen-bond donors (Lipinski definition) is 2. The Bertz CT molecular complexity index is 641. The van der Waals surface area contributed by atoms with Crippen LogP contribution in [-0.4, -0.2) is 80.1 Å². The van der Waals surface area contributed by atoms with Crippen molar-refractivity contribution in [3.8, 4) is 5.75 Å². The van der Waals surface area contributed by atoms with E-state index in [0.29, 0.717) is 6.54 Å². The number of piperazine rings is 1. The van der Waals surface area contributed by atoms with Crippen LogP contribution in [0.2, 0.25) is 0 Å². The summed E-state index contributed by atoms with van der Waals surface area (Å²) in [5, 5.41) is 6.67. The summed E-state index contributed by atoms with van der Waals surface area (Å²) in [5.41, 5.74) is 1.19. The first-order chi connectivity index (χ1) is 13.5. The minimum atomic E-state index is -0.00286. The highest BCUT2D eigenvalue weighted by atomic mass is 16.5. The highest BCUT2D eigenvalue weighted by molar-refractivity contribution is 5.79. The van der Waals surface area contributed by atoms with Crippen molar-refractivity contribution >= 4 is 11.9 Å². The predicted molar refractivity (Wildman–Crippen MR) is 114 cm³/mol. The zero-order valence-corrected chi connectivity index (χ0v) is 17.7. The molecule has 1 aliphatic heterocycles.